The number of hydrogen-bond donors (Lipinski definition) is 13. The molecule has 4 heterocycles. The number of rotatable bonds is 28. The summed E-state index contributed by atoms with van der Waals surface area (Å²) in [5.74, 6) is -7.94. The number of nitrogens with zero attached hydrogens (tertiary/aromatic N) is 2. The molecule has 0 aromatic heterocycles. The van der Waals surface area contributed by atoms with Crippen molar-refractivity contribution in [3.63, 3.8) is 0 Å². The molecule has 2 saturated heterocycles. The molecule has 135 heavy (non-hydrogen) atoms. The van der Waals surface area contributed by atoms with Crippen LogP contribution in [0.2, 0.25) is 0 Å². The van der Waals surface area contributed by atoms with Gasteiger partial charge in [0, 0.05) is 122 Å². The summed E-state index contributed by atoms with van der Waals surface area (Å²) in [6.07, 6.45) is 5.52. The van der Waals surface area contributed by atoms with E-state index < -0.39 is 118 Å². The molecule has 12 rings (SSSR count). The van der Waals surface area contributed by atoms with Crippen molar-refractivity contribution in [2.24, 2.45) is 22.3 Å². The second kappa shape index (κ2) is 49.9. The maximum absolute atomic E-state index is 15.8. The van der Waals surface area contributed by atoms with Crippen LogP contribution in [0.3, 0.4) is 0 Å². The topological polar surface area (TPSA) is 466 Å². The van der Waals surface area contributed by atoms with Crippen LogP contribution >= 0.6 is 0 Å². The number of aryl methyl sites for hydroxylation is 1. The van der Waals surface area contributed by atoms with Gasteiger partial charge >= 0.3 is 11.9 Å². The van der Waals surface area contributed by atoms with E-state index in [2.05, 4.69) is 53.2 Å². The molecule has 32 heteroatoms. The van der Waals surface area contributed by atoms with Crippen LogP contribution in [0, 0.1) is 10.8 Å². The Kier molecular flexibility index (Phi) is 36.9. The maximum Gasteiger partial charge on any atom is 0.311 e. The number of carboxylic acids is 1. The van der Waals surface area contributed by atoms with E-state index >= 15 is 14.4 Å². The SMILES string of the molecule is NCCOCCNC(=O)[C@@H]1CCNC(=O)/C=C/C(=O)N2CCC[C@](Cc3ccccc3)(C2)C(=O)N[C@@H](Cc2ccc(-c3cccc(CCC(=O)Oc4cccc(C[C@@]56CCCN(C5)C(=O)/C=C/C(=O)NCC[C@@H](C(=O)NCCOCCN)NC(=O)Cc5ccccc5CNC(=O)[C@H](Cc5ccc(-c7cccc(CC(=O)O)c7)cc5)NC6=O)c4)c3)cc2)C(=O)NCc2ccccc2CC(=O)N1. The van der Waals surface area contributed by atoms with E-state index in [1.807, 2.05) is 109 Å². The van der Waals surface area contributed by atoms with Crippen LogP contribution in [-0.4, -0.2) is 214 Å². The molecule has 8 aromatic carbocycles. The van der Waals surface area contributed by atoms with Crippen LogP contribution in [0.15, 0.2) is 224 Å². The first-order valence-electron chi connectivity index (χ1n) is 45.8. The summed E-state index contributed by atoms with van der Waals surface area (Å²) in [6.45, 7) is 1.73. The van der Waals surface area contributed by atoms with Crippen LogP contribution in [0.4, 0.5) is 0 Å². The van der Waals surface area contributed by atoms with Gasteiger partial charge in [-0.05, 0) is 148 Å². The Balaban J connectivity index is 0.758. The van der Waals surface area contributed by atoms with Crippen LogP contribution in [-0.2, 0) is 141 Å². The highest BCUT2D eigenvalue weighted by Crippen LogP contribution is 2.38. The lowest BCUT2D eigenvalue weighted by Crippen LogP contribution is -2.58. The number of ether oxygens (including phenoxy) is 3. The number of amides is 12. The quantitative estimate of drug-likeness (QED) is 0.0175. The summed E-state index contributed by atoms with van der Waals surface area (Å²) >= 11 is 0. The fourth-order valence-electron chi connectivity index (χ4n) is 17.3. The van der Waals surface area contributed by atoms with Crippen LogP contribution in [0.1, 0.15) is 101 Å². The third-order valence-electron chi connectivity index (χ3n) is 24.3. The Morgan fingerprint density at radius 3 is 1.36 bits per heavy atom. The van der Waals surface area contributed by atoms with Gasteiger partial charge in [-0.2, -0.15) is 0 Å². The summed E-state index contributed by atoms with van der Waals surface area (Å²) in [4.78, 5) is 200. The fraction of sp³-hybridized carbons (Fsp3) is 0.359. The lowest BCUT2D eigenvalue weighted by Gasteiger charge is -2.42. The predicted molar refractivity (Wildman–Crippen MR) is 504 cm³/mol. The first-order chi connectivity index (χ1) is 65.4. The third kappa shape index (κ3) is 30.1. The van der Waals surface area contributed by atoms with Gasteiger partial charge in [-0.25, -0.2) is 0 Å². The van der Waals surface area contributed by atoms with Gasteiger partial charge in [-0.15, -0.1) is 0 Å². The molecule has 6 atom stereocenters. The molecule has 15 N–H and O–H groups in total. The summed E-state index contributed by atoms with van der Waals surface area (Å²) in [6, 6.07) is 55.2. The van der Waals surface area contributed by atoms with Gasteiger partial charge in [0.25, 0.3) is 0 Å². The van der Waals surface area contributed by atoms with Gasteiger partial charge in [0.05, 0.1) is 56.5 Å². The smallest absolute Gasteiger partial charge is 0.311 e. The molecule has 0 aliphatic carbocycles. The van der Waals surface area contributed by atoms with E-state index in [4.69, 9.17) is 25.7 Å². The molecule has 708 valence electrons. The summed E-state index contributed by atoms with van der Waals surface area (Å²) < 4.78 is 16.9. The van der Waals surface area contributed by atoms with E-state index in [-0.39, 0.29) is 181 Å². The van der Waals surface area contributed by atoms with Crippen molar-refractivity contribution >= 4 is 82.8 Å². The Bertz CT molecular complexity index is 5600. The lowest BCUT2D eigenvalue weighted by atomic mass is 9.74. The van der Waals surface area contributed by atoms with Gasteiger partial charge in [0.2, 0.25) is 70.9 Å². The number of nitrogens with two attached hydrogens (primary N) is 2. The standard InChI is InChI=1S/C103H118N14O18/c104-43-51-133-53-47-108-96(127)84-39-45-106-88(118)34-36-92(122)116-49-11-41-102(67-116,63-72-13-2-1-3-14-72)100(131)114-86(98(129)110-65-81-20-6-4-18-79(81)61-90(120)112-84)58-70-25-30-75(31-26-70)77-22-8-15-69(55-77)29-38-95(126)135-83-24-10-17-74(57-83)64-103-42-12-50-117(68-103)93(123)37-35-89(119)107-46-40-85(97(128)109-48-54-134-52-44-105)113-91(121)62-80-19-5-7-21-82(80)66-111-99(130)87(115-101(103)132)59-71-27-32-76(33-28-71)78-23-9-16-73(56-78)60-94(124)125/h1-10,13-28,30-37,55-57,84-87H,11-12,29,38-54,58-68,104-105H2,(H,106,118)(H,107,119)(H,108,127)(H,109,128)(H,110,129)(H,111,130)(H,112,120)(H,113,121)(H,114,131)(H,115,132)(H,124,125)/b36-34+,37-35+/t84-,85-,86-,87-,102-,103-/m0/s1. The van der Waals surface area contributed by atoms with Crippen molar-refractivity contribution in [2.75, 3.05) is 91.9 Å². The highest BCUT2D eigenvalue weighted by atomic mass is 16.5. The molecular formula is C103H118N14O18. The number of nitrogens with one attached hydrogen (secondary N) is 10. The summed E-state index contributed by atoms with van der Waals surface area (Å²) in [5.41, 5.74) is 18.0. The fourth-order valence-corrected chi connectivity index (χ4v) is 17.3. The number of esters is 1. The second-order valence-electron chi connectivity index (χ2n) is 34.4. The number of carbonyl (C=O) groups is 14. The normalized spacial score (nSPS) is 20.4. The van der Waals surface area contributed by atoms with Crippen molar-refractivity contribution in [2.45, 2.75) is 134 Å². The van der Waals surface area contributed by atoms with Crippen LogP contribution in [0.25, 0.3) is 22.3 Å². The average molecular weight is 1840 g/mol. The minimum atomic E-state index is -1.45. The highest BCUT2D eigenvalue weighted by molar-refractivity contribution is 5.99. The third-order valence-corrected chi connectivity index (χ3v) is 24.3. The van der Waals surface area contributed by atoms with Crippen molar-refractivity contribution in [3.8, 4) is 28.0 Å². The van der Waals surface area contributed by atoms with E-state index in [0.717, 1.165) is 57.7 Å². The zero-order valence-corrected chi connectivity index (χ0v) is 75.5. The van der Waals surface area contributed by atoms with Crippen molar-refractivity contribution in [1.29, 1.82) is 0 Å². The van der Waals surface area contributed by atoms with Crippen molar-refractivity contribution < 1.29 is 86.4 Å². The number of piperidine rings is 2. The Morgan fingerprint density at radius 1 is 0.437 bits per heavy atom. The van der Waals surface area contributed by atoms with Gasteiger partial charge < -0.3 is 93.8 Å². The Hall–Kier alpha value is -14.3. The number of benzene rings is 8. The molecule has 4 aliphatic heterocycles. The Labute approximate surface area is 784 Å². The zero-order chi connectivity index (χ0) is 95.5. The van der Waals surface area contributed by atoms with E-state index in [0.29, 0.717) is 70.3 Å². The summed E-state index contributed by atoms with van der Waals surface area (Å²) in [5, 5.41) is 38.4. The Morgan fingerprint density at radius 2 is 0.874 bits per heavy atom. The van der Waals surface area contributed by atoms with Crippen molar-refractivity contribution in [1.82, 2.24) is 63.0 Å². The molecule has 0 radical (unpaired) electrons. The van der Waals surface area contributed by atoms with E-state index in [1.54, 1.807) is 91.0 Å². The first-order valence-corrected chi connectivity index (χ1v) is 45.8. The summed E-state index contributed by atoms with van der Waals surface area (Å²) in [7, 11) is 0. The minimum absolute atomic E-state index is 0.00287. The van der Waals surface area contributed by atoms with E-state index in [1.165, 1.54) is 9.80 Å². The molecule has 0 spiro atoms. The van der Waals surface area contributed by atoms with Crippen LogP contribution < -0.4 is 69.4 Å². The van der Waals surface area contributed by atoms with E-state index in [9.17, 15) is 57.8 Å². The molecular weight excluding hydrogens is 1720 g/mol. The largest absolute Gasteiger partial charge is 0.481 e. The number of aliphatic carboxylic acids is 1. The molecule has 0 saturated carbocycles. The molecule has 32 nitrogen and oxygen atoms in total. The van der Waals surface area contributed by atoms with Crippen LogP contribution in [0.5, 0.6) is 5.75 Å². The first kappa shape index (κ1) is 99.7. The predicted octanol–water partition coefficient (Wildman–Crippen LogP) is 4.97. The molecule has 0 unspecified atom stereocenters. The van der Waals surface area contributed by atoms with Gasteiger partial charge in [-0.3, -0.25) is 67.1 Å². The molecule has 8 aromatic rings. The van der Waals surface area contributed by atoms with Crippen molar-refractivity contribution in [3.05, 3.63) is 280 Å². The maximum atomic E-state index is 15.8. The second-order valence-corrected chi connectivity index (χ2v) is 34.4. The van der Waals surface area contributed by atoms with Gasteiger partial charge in [-0.1, -0.05) is 188 Å². The molecule has 4 bridgehead atoms. The minimum Gasteiger partial charge on any atom is -0.481 e. The highest BCUT2D eigenvalue weighted by Gasteiger charge is 2.47. The van der Waals surface area contributed by atoms with Gasteiger partial charge in [0.15, 0.2) is 0 Å². The zero-order valence-electron chi connectivity index (χ0n) is 75.5. The van der Waals surface area contributed by atoms with Gasteiger partial charge in [0.1, 0.15) is 29.9 Å². The average Bonchev–Trinajstić information content (AvgIpc) is 0.783. The lowest BCUT2D eigenvalue weighted by molar-refractivity contribution is -0.142. The molecule has 4 aliphatic rings. The monoisotopic (exact) mass is 1840 g/mol. The number of carbonyl (C=O) groups excluding carboxylic acids is 13. The number of fused-ring (bicyclic) bond motifs is 6. The number of carboxylic acid groups (broad SMARTS) is 1. The molecule has 2 fully saturated rings. The molecule has 12 amide bonds. The number of hydrogen-bond acceptors (Lipinski definition) is 19.